The Bertz CT molecular complexity index is 1110. The average Bonchev–Trinajstić information content (AvgIpc) is 3.17. The third-order valence-electron chi connectivity index (χ3n) is 5.77. The first-order chi connectivity index (χ1) is 14.6. The Hall–Kier alpha value is -3.60. The molecule has 0 aromatic heterocycles. The minimum Gasteiger partial charge on any atom is -0.457 e. The smallest absolute Gasteiger partial charge is 0.236 e. The highest BCUT2D eigenvalue weighted by Gasteiger charge is 2.32. The molecule has 0 unspecified atom stereocenters. The maximum Gasteiger partial charge on any atom is 0.236 e. The van der Waals surface area contributed by atoms with Crippen LogP contribution < -0.4 is 15.0 Å². The molecule has 0 bridgehead atoms. The minimum absolute atomic E-state index is 0.109. The van der Waals surface area contributed by atoms with Crippen molar-refractivity contribution in [1.82, 2.24) is 0 Å². The van der Waals surface area contributed by atoms with E-state index in [1.807, 2.05) is 78.6 Å². The van der Waals surface area contributed by atoms with Crippen LogP contribution in [0.3, 0.4) is 0 Å². The van der Waals surface area contributed by atoms with Gasteiger partial charge in [0, 0.05) is 35.5 Å². The number of hydrogen-bond donors (Lipinski definition) is 1. The number of rotatable bonds is 3. The molecule has 2 amide bonds. The fraction of sp³-hybridized carbons (Fsp3) is 0.200. The van der Waals surface area contributed by atoms with E-state index in [4.69, 9.17) is 4.74 Å². The van der Waals surface area contributed by atoms with Crippen LogP contribution >= 0.6 is 0 Å². The Kier molecular flexibility index (Phi) is 4.51. The van der Waals surface area contributed by atoms with Gasteiger partial charge >= 0.3 is 0 Å². The molecule has 0 spiro atoms. The molecule has 30 heavy (non-hydrogen) atoms. The first kappa shape index (κ1) is 18.4. The molecule has 0 saturated carbocycles. The quantitative estimate of drug-likeness (QED) is 0.676. The van der Waals surface area contributed by atoms with Crippen LogP contribution in [0.1, 0.15) is 35.4 Å². The van der Waals surface area contributed by atoms with Crippen molar-refractivity contribution in [2.75, 3.05) is 16.8 Å². The third-order valence-corrected chi connectivity index (χ3v) is 5.77. The number of aryl methyl sites for hydroxylation is 1. The molecular formula is C25H22N2O3. The zero-order valence-electron chi connectivity index (χ0n) is 16.7. The fourth-order valence-corrected chi connectivity index (χ4v) is 4.35. The van der Waals surface area contributed by atoms with E-state index >= 15 is 0 Å². The number of nitrogens with zero attached hydrogens (tertiary/aromatic N) is 1. The molecular weight excluding hydrogens is 376 g/mol. The summed E-state index contributed by atoms with van der Waals surface area (Å²) in [4.78, 5) is 27.3. The second-order valence-corrected chi connectivity index (χ2v) is 7.75. The van der Waals surface area contributed by atoms with Crippen molar-refractivity contribution < 1.29 is 14.3 Å². The number of carbonyl (C=O) groups is 2. The number of nitrogens with one attached hydrogen (secondary N) is 1. The van der Waals surface area contributed by atoms with Crippen LogP contribution in [0.25, 0.3) is 0 Å². The summed E-state index contributed by atoms with van der Waals surface area (Å²) in [5.41, 5.74) is 4.30. The van der Waals surface area contributed by atoms with Gasteiger partial charge in [-0.3, -0.25) is 9.59 Å². The largest absolute Gasteiger partial charge is 0.457 e. The lowest BCUT2D eigenvalue weighted by atomic mass is 9.87. The van der Waals surface area contributed by atoms with Gasteiger partial charge in [0.05, 0.1) is 5.92 Å². The molecule has 1 fully saturated rings. The molecule has 2 aliphatic rings. The predicted octanol–water partition coefficient (Wildman–Crippen LogP) is 5.00. The molecule has 5 nitrogen and oxygen atoms in total. The lowest BCUT2D eigenvalue weighted by Crippen LogP contribution is -2.26. The Labute approximate surface area is 175 Å². The normalized spacial score (nSPS) is 15.4. The second kappa shape index (κ2) is 7.34. The number of benzene rings is 3. The number of carbonyl (C=O) groups excluding carboxylic acids is 2. The molecule has 2 aliphatic heterocycles. The van der Waals surface area contributed by atoms with Crippen molar-refractivity contribution in [3.63, 3.8) is 0 Å². The Morgan fingerprint density at radius 3 is 2.27 bits per heavy atom. The van der Waals surface area contributed by atoms with E-state index in [1.54, 1.807) is 0 Å². The predicted molar refractivity (Wildman–Crippen MR) is 116 cm³/mol. The van der Waals surface area contributed by atoms with Gasteiger partial charge in [0.1, 0.15) is 11.5 Å². The summed E-state index contributed by atoms with van der Waals surface area (Å²) >= 11 is 0. The number of ether oxygens (including phenoxy) is 1. The molecule has 3 aromatic carbocycles. The van der Waals surface area contributed by atoms with Gasteiger partial charge in [-0.15, -0.1) is 0 Å². The monoisotopic (exact) mass is 398 g/mol. The molecule has 3 aromatic rings. The van der Waals surface area contributed by atoms with Crippen LogP contribution in [-0.2, 0) is 9.59 Å². The van der Waals surface area contributed by atoms with Gasteiger partial charge in [0.15, 0.2) is 0 Å². The molecule has 5 rings (SSSR count). The van der Waals surface area contributed by atoms with E-state index in [9.17, 15) is 9.59 Å². The summed E-state index contributed by atoms with van der Waals surface area (Å²) in [6.07, 6.45) is 1.49. The molecule has 150 valence electrons. The van der Waals surface area contributed by atoms with Crippen molar-refractivity contribution >= 4 is 23.2 Å². The minimum atomic E-state index is -0.453. The van der Waals surface area contributed by atoms with Crippen LogP contribution in [0.5, 0.6) is 11.5 Å². The lowest BCUT2D eigenvalue weighted by molar-refractivity contribution is -0.117. The van der Waals surface area contributed by atoms with Crippen LogP contribution in [0.4, 0.5) is 11.4 Å². The zero-order chi connectivity index (χ0) is 20.7. The first-order valence-corrected chi connectivity index (χ1v) is 10.2. The fourth-order valence-electron chi connectivity index (χ4n) is 4.35. The first-order valence-electron chi connectivity index (χ1n) is 10.2. The van der Waals surface area contributed by atoms with Gasteiger partial charge in [-0.25, -0.2) is 0 Å². The van der Waals surface area contributed by atoms with Crippen LogP contribution in [0.2, 0.25) is 0 Å². The van der Waals surface area contributed by atoms with Gasteiger partial charge < -0.3 is 15.0 Å². The van der Waals surface area contributed by atoms with Crippen molar-refractivity contribution in [3.05, 3.63) is 83.4 Å². The van der Waals surface area contributed by atoms with Crippen molar-refractivity contribution in [2.45, 2.75) is 25.7 Å². The standard InChI is InChI=1S/C25H22N2O3/c1-16-15-17(12-13-20(16)27-14-6-11-23(27)28)26-25(29)24-18-7-2-4-9-21(18)30-22-10-5-3-8-19(22)24/h2-5,7-10,12-13,15,24H,6,11,14H2,1H3,(H,26,29). The Morgan fingerprint density at radius 1 is 1.00 bits per heavy atom. The number of fused-ring (bicyclic) bond motifs is 2. The summed E-state index contributed by atoms with van der Waals surface area (Å²) in [6, 6.07) is 21.0. The van der Waals surface area contributed by atoms with Gasteiger partial charge in [-0.1, -0.05) is 36.4 Å². The maximum atomic E-state index is 13.4. The van der Waals surface area contributed by atoms with Gasteiger partial charge in [0.2, 0.25) is 11.8 Å². The van der Waals surface area contributed by atoms with E-state index in [2.05, 4.69) is 5.32 Å². The molecule has 1 N–H and O–H groups in total. The van der Waals surface area contributed by atoms with Gasteiger partial charge in [0.25, 0.3) is 0 Å². The summed E-state index contributed by atoms with van der Waals surface area (Å²) in [7, 11) is 0. The van der Waals surface area contributed by atoms with E-state index in [0.29, 0.717) is 23.6 Å². The van der Waals surface area contributed by atoms with Crippen LogP contribution in [-0.4, -0.2) is 18.4 Å². The lowest BCUT2D eigenvalue weighted by Gasteiger charge is -2.27. The number of anilines is 2. The molecule has 2 heterocycles. The summed E-state index contributed by atoms with van der Waals surface area (Å²) in [5.74, 6) is 1.00. The Balaban J connectivity index is 1.45. The van der Waals surface area contributed by atoms with Gasteiger partial charge in [-0.2, -0.15) is 0 Å². The van der Waals surface area contributed by atoms with Crippen molar-refractivity contribution in [1.29, 1.82) is 0 Å². The molecule has 0 radical (unpaired) electrons. The second-order valence-electron chi connectivity index (χ2n) is 7.75. The molecule has 0 atom stereocenters. The topological polar surface area (TPSA) is 58.6 Å². The SMILES string of the molecule is Cc1cc(NC(=O)C2c3ccccc3Oc3ccccc32)ccc1N1CCCC1=O. The van der Waals surface area contributed by atoms with Crippen LogP contribution in [0.15, 0.2) is 66.7 Å². The van der Waals surface area contributed by atoms with Crippen molar-refractivity contribution in [2.24, 2.45) is 0 Å². The molecule has 1 saturated heterocycles. The summed E-state index contributed by atoms with van der Waals surface area (Å²) in [5, 5.41) is 3.07. The average molecular weight is 398 g/mol. The third kappa shape index (κ3) is 3.12. The number of hydrogen-bond acceptors (Lipinski definition) is 3. The highest BCUT2D eigenvalue weighted by molar-refractivity contribution is 6.00. The van der Waals surface area contributed by atoms with E-state index in [1.165, 1.54) is 0 Å². The van der Waals surface area contributed by atoms with Crippen molar-refractivity contribution in [3.8, 4) is 11.5 Å². The van der Waals surface area contributed by atoms with Crippen LogP contribution in [0, 0.1) is 6.92 Å². The summed E-state index contributed by atoms with van der Waals surface area (Å²) < 4.78 is 5.99. The molecule has 5 heteroatoms. The number of para-hydroxylation sites is 2. The Morgan fingerprint density at radius 2 is 1.67 bits per heavy atom. The summed E-state index contributed by atoms with van der Waals surface area (Å²) in [6.45, 7) is 2.72. The van der Waals surface area contributed by atoms with E-state index in [-0.39, 0.29) is 11.8 Å². The molecule has 0 aliphatic carbocycles. The van der Waals surface area contributed by atoms with E-state index < -0.39 is 5.92 Å². The maximum absolute atomic E-state index is 13.4. The highest BCUT2D eigenvalue weighted by Crippen LogP contribution is 2.44. The zero-order valence-corrected chi connectivity index (χ0v) is 16.7. The number of amides is 2. The van der Waals surface area contributed by atoms with Gasteiger partial charge in [-0.05, 0) is 49.2 Å². The van der Waals surface area contributed by atoms with E-state index in [0.717, 1.165) is 35.3 Å². The highest BCUT2D eigenvalue weighted by atomic mass is 16.5.